The number of aromatic amines is 1. The SMILES string of the molecule is O=C(OC[C@@H]1O[C@H](n2cc(F)c(=O)[nH]c2=O)[C@@H](OC(=O)c2ccccc2)C1(F)F)c1ccccc1. The van der Waals surface area contributed by atoms with Gasteiger partial charge >= 0.3 is 23.6 Å². The van der Waals surface area contributed by atoms with Crippen LogP contribution in [0.4, 0.5) is 13.2 Å². The van der Waals surface area contributed by atoms with E-state index < -0.39 is 60.0 Å². The van der Waals surface area contributed by atoms with E-state index in [1.54, 1.807) is 29.2 Å². The highest BCUT2D eigenvalue weighted by atomic mass is 19.3. The van der Waals surface area contributed by atoms with Crippen LogP contribution in [0.5, 0.6) is 0 Å². The second-order valence-electron chi connectivity index (χ2n) is 7.49. The summed E-state index contributed by atoms with van der Waals surface area (Å²) >= 11 is 0. The number of rotatable bonds is 6. The van der Waals surface area contributed by atoms with E-state index in [-0.39, 0.29) is 11.1 Å². The van der Waals surface area contributed by atoms with Crippen LogP contribution < -0.4 is 11.2 Å². The van der Waals surface area contributed by atoms with E-state index in [4.69, 9.17) is 14.2 Å². The molecule has 0 spiro atoms. The number of halogens is 3. The number of carbonyl (C=O) groups excluding carboxylic acids is 2. The number of carbonyl (C=O) groups is 2. The zero-order valence-electron chi connectivity index (χ0n) is 17.7. The molecule has 1 aliphatic heterocycles. The number of nitrogens with zero attached hydrogens (tertiary/aromatic N) is 1. The summed E-state index contributed by atoms with van der Waals surface area (Å²) in [4.78, 5) is 50.0. The lowest BCUT2D eigenvalue weighted by Gasteiger charge is -2.24. The molecule has 1 fully saturated rings. The van der Waals surface area contributed by atoms with Crippen molar-refractivity contribution in [3.05, 3.63) is 105 Å². The van der Waals surface area contributed by atoms with Gasteiger partial charge in [0.05, 0.1) is 17.3 Å². The van der Waals surface area contributed by atoms with Gasteiger partial charge in [0.25, 0.3) is 5.56 Å². The minimum absolute atomic E-state index is 0.0685. The van der Waals surface area contributed by atoms with Crippen molar-refractivity contribution in [1.29, 1.82) is 0 Å². The number of benzene rings is 2. The summed E-state index contributed by atoms with van der Waals surface area (Å²) in [5.74, 6) is -7.52. The Bertz CT molecular complexity index is 1340. The fourth-order valence-electron chi connectivity index (χ4n) is 3.42. The van der Waals surface area contributed by atoms with E-state index in [9.17, 15) is 23.6 Å². The highest BCUT2D eigenvalue weighted by Gasteiger charge is 2.62. The molecule has 9 nitrogen and oxygen atoms in total. The number of hydrogen-bond acceptors (Lipinski definition) is 7. The summed E-state index contributed by atoms with van der Waals surface area (Å²) in [6.07, 6.45) is -6.28. The molecule has 0 radical (unpaired) electrons. The van der Waals surface area contributed by atoms with Crippen LogP contribution in [0.1, 0.15) is 26.9 Å². The van der Waals surface area contributed by atoms with Gasteiger partial charge in [0.2, 0.25) is 11.9 Å². The Morgan fingerprint density at radius 3 is 2.14 bits per heavy atom. The van der Waals surface area contributed by atoms with E-state index in [1.165, 1.54) is 36.4 Å². The lowest BCUT2D eigenvalue weighted by atomic mass is 10.1. The lowest BCUT2D eigenvalue weighted by Crippen LogP contribution is -2.45. The number of alkyl halides is 2. The van der Waals surface area contributed by atoms with Gasteiger partial charge in [-0.15, -0.1) is 0 Å². The molecule has 0 aliphatic carbocycles. The largest absolute Gasteiger partial charge is 0.459 e. The normalized spacial score (nSPS) is 20.8. The molecular weight excluding hydrogens is 473 g/mol. The first-order chi connectivity index (χ1) is 16.7. The van der Waals surface area contributed by atoms with E-state index in [1.807, 2.05) is 0 Å². The number of H-pyrrole nitrogens is 1. The molecule has 1 aromatic heterocycles. The summed E-state index contributed by atoms with van der Waals surface area (Å²) < 4.78 is 60.1. The first kappa shape index (κ1) is 24.0. The van der Waals surface area contributed by atoms with Gasteiger partial charge in [-0.2, -0.15) is 13.2 Å². The minimum Gasteiger partial charge on any atom is -0.459 e. The van der Waals surface area contributed by atoms with Crippen molar-refractivity contribution in [1.82, 2.24) is 9.55 Å². The fourth-order valence-corrected chi connectivity index (χ4v) is 3.42. The highest BCUT2D eigenvalue weighted by molar-refractivity contribution is 5.90. The van der Waals surface area contributed by atoms with Gasteiger partial charge in [0, 0.05) is 0 Å². The van der Waals surface area contributed by atoms with Crippen molar-refractivity contribution in [3.63, 3.8) is 0 Å². The molecule has 1 N–H and O–H groups in total. The molecule has 3 atom stereocenters. The quantitative estimate of drug-likeness (QED) is 0.527. The standard InChI is InChI=1S/C23H17F3N2O7/c24-15-11-28(22(32)27-18(15)29)19-17(35-21(31)14-9-5-2-6-10-14)23(25,26)16(34-19)12-33-20(30)13-7-3-1-4-8-13/h1-11,16-17,19H,12H2,(H,27,29,32)/t16-,17+,19-/m0/s1. The van der Waals surface area contributed by atoms with Crippen LogP contribution in [0.15, 0.2) is 76.4 Å². The van der Waals surface area contributed by atoms with Gasteiger partial charge in [-0.25, -0.2) is 14.4 Å². The van der Waals surface area contributed by atoms with Crippen molar-refractivity contribution < 1.29 is 37.0 Å². The second-order valence-corrected chi connectivity index (χ2v) is 7.49. The number of esters is 2. The summed E-state index contributed by atoms with van der Waals surface area (Å²) in [7, 11) is 0. The van der Waals surface area contributed by atoms with Crippen LogP contribution in [-0.4, -0.2) is 46.2 Å². The smallest absolute Gasteiger partial charge is 0.338 e. The molecule has 0 saturated carbocycles. The van der Waals surface area contributed by atoms with Gasteiger partial charge < -0.3 is 14.2 Å². The predicted octanol–water partition coefficient (Wildman–Crippen LogP) is 2.29. The number of nitrogens with one attached hydrogen (secondary N) is 1. The molecule has 12 heteroatoms. The van der Waals surface area contributed by atoms with Crippen LogP contribution in [0.25, 0.3) is 0 Å². The average Bonchev–Trinajstić information content (AvgIpc) is 3.10. The van der Waals surface area contributed by atoms with Crippen LogP contribution in [-0.2, 0) is 14.2 Å². The third-order valence-corrected chi connectivity index (χ3v) is 5.19. The van der Waals surface area contributed by atoms with Gasteiger partial charge in [-0.05, 0) is 24.3 Å². The van der Waals surface area contributed by atoms with E-state index in [0.717, 1.165) is 0 Å². The molecule has 1 aliphatic rings. The highest BCUT2D eigenvalue weighted by Crippen LogP contribution is 2.43. The van der Waals surface area contributed by atoms with Crippen LogP contribution in [0, 0.1) is 5.82 Å². The third kappa shape index (κ3) is 4.87. The lowest BCUT2D eigenvalue weighted by molar-refractivity contribution is -0.127. The van der Waals surface area contributed by atoms with E-state index in [2.05, 4.69) is 0 Å². The zero-order chi connectivity index (χ0) is 25.2. The monoisotopic (exact) mass is 490 g/mol. The molecule has 4 rings (SSSR count). The Kier molecular flexibility index (Phi) is 6.56. The summed E-state index contributed by atoms with van der Waals surface area (Å²) in [5, 5.41) is 0. The summed E-state index contributed by atoms with van der Waals surface area (Å²) in [5.41, 5.74) is -2.63. The van der Waals surface area contributed by atoms with E-state index in [0.29, 0.717) is 10.8 Å². The average molecular weight is 490 g/mol. The summed E-state index contributed by atoms with van der Waals surface area (Å²) in [6.45, 7) is -0.975. The molecule has 0 bridgehead atoms. The predicted molar refractivity (Wildman–Crippen MR) is 113 cm³/mol. The molecule has 3 aromatic rings. The van der Waals surface area contributed by atoms with Crippen molar-refractivity contribution in [3.8, 4) is 0 Å². The van der Waals surface area contributed by atoms with Gasteiger partial charge in [0.1, 0.15) is 6.61 Å². The summed E-state index contributed by atoms with van der Waals surface area (Å²) in [6, 6.07) is 14.7. The molecule has 1 saturated heterocycles. The second kappa shape index (κ2) is 9.58. The molecule has 0 unspecified atom stereocenters. The molecule has 2 aromatic carbocycles. The fraction of sp³-hybridized carbons (Fsp3) is 0.217. The number of ether oxygens (including phenoxy) is 3. The topological polar surface area (TPSA) is 117 Å². The molecule has 2 heterocycles. The molecule has 182 valence electrons. The van der Waals surface area contributed by atoms with Gasteiger partial charge in [-0.1, -0.05) is 36.4 Å². The van der Waals surface area contributed by atoms with Crippen molar-refractivity contribution in [2.45, 2.75) is 24.4 Å². The first-order valence-electron chi connectivity index (χ1n) is 10.2. The van der Waals surface area contributed by atoms with Gasteiger partial charge in [-0.3, -0.25) is 14.3 Å². The maximum Gasteiger partial charge on any atom is 0.338 e. The molecule has 35 heavy (non-hydrogen) atoms. The Hall–Kier alpha value is -4.19. The van der Waals surface area contributed by atoms with Crippen molar-refractivity contribution in [2.24, 2.45) is 0 Å². The Morgan fingerprint density at radius 1 is 0.971 bits per heavy atom. The van der Waals surface area contributed by atoms with Crippen LogP contribution in [0.2, 0.25) is 0 Å². The Morgan fingerprint density at radius 2 is 1.54 bits per heavy atom. The number of aromatic nitrogens is 2. The van der Waals surface area contributed by atoms with Crippen LogP contribution in [0.3, 0.4) is 0 Å². The number of hydrogen-bond donors (Lipinski definition) is 1. The Labute approximate surface area is 194 Å². The Balaban J connectivity index is 1.64. The van der Waals surface area contributed by atoms with Crippen LogP contribution >= 0.6 is 0 Å². The molecule has 0 amide bonds. The zero-order valence-corrected chi connectivity index (χ0v) is 17.7. The maximum atomic E-state index is 15.4. The first-order valence-corrected chi connectivity index (χ1v) is 10.2. The third-order valence-electron chi connectivity index (χ3n) is 5.19. The van der Waals surface area contributed by atoms with Crippen molar-refractivity contribution in [2.75, 3.05) is 6.61 Å². The van der Waals surface area contributed by atoms with Gasteiger partial charge in [0.15, 0.2) is 12.3 Å². The van der Waals surface area contributed by atoms with Crippen molar-refractivity contribution >= 4 is 11.9 Å². The molecular formula is C23H17F3N2O7. The maximum absolute atomic E-state index is 15.4. The van der Waals surface area contributed by atoms with E-state index >= 15 is 8.78 Å². The minimum atomic E-state index is -3.99.